The fourth-order valence-corrected chi connectivity index (χ4v) is 0.668. The first-order chi connectivity index (χ1) is 6.45. The van der Waals surface area contributed by atoms with E-state index in [-0.39, 0.29) is 6.61 Å². The normalized spacial score (nSPS) is 13.6. The lowest BCUT2D eigenvalue weighted by Gasteiger charge is -2.20. The zero-order valence-corrected chi connectivity index (χ0v) is 8.79. The van der Waals surface area contributed by atoms with Gasteiger partial charge in [0.05, 0.1) is 0 Å². The van der Waals surface area contributed by atoms with Crippen molar-refractivity contribution in [3.8, 4) is 0 Å². The van der Waals surface area contributed by atoms with Gasteiger partial charge in [0.25, 0.3) is 0 Å². The molecule has 0 amide bonds. The molecule has 0 aromatic rings. The monoisotopic (exact) mass is 197 g/mol. The molecule has 0 N–H and O–H groups in total. The van der Waals surface area contributed by atoms with Gasteiger partial charge in [-0.25, -0.2) is 9.59 Å². The SMILES string of the molecule is C=C(C)C(=O)OCC(C)(CC)N=C=O. The van der Waals surface area contributed by atoms with E-state index in [1.807, 2.05) is 6.92 Å². The van der Waals surface area contributed by atoms with Gasteiger partial charge in [0.1, 0.15) is 12.1 Å². The van der Waals surface area contributed by atoms with E-state index in [9.17, 15) is 9.59 Å². The molecular weight excluding hydrogens is 182 g/mol. The molecule has 0 saturated carbocycles. The van der Waals surface area contributed by atoms with E-state index in [1.165, 1.54) is 6.08 Å². The van der Waals surface area contributed by atoms with Crippen molar-refractivity contribution in [1.82, 2.24) is 0 Å². The Morgan fingerprint density at radius 2 is 2.21 bits per heavy atom. The molecule has 1 atom stereocenters. The van der Waals surface area contributed by atoms with Crippen LogP contribution in [-0.2, 0) is 14.3 Å². The molecule has 0 radical (unpaired) electrons. The number of ether oxygens (including phenoxy) is 1. The maximum Gasteiger partial charge on any atom is 0.333 e. The lowest BCUT2D eigenvalue weighted by molar-refractivity contribution is -0.140. The van der Waals surface area contributed by atoms with Gasteiger partial charge in [-0.3, -0.25) is 0 Å². The number of hydrogen-bond acceptors (Lipinski definition) is 4. The molecule has 0 spiro atoms. The van der Waals surface area contributed by atoms with Gasteiger partial charge in [-0.2, -0.15) is 4.99 Å². The highest BCUT2D eigenvalue weighted by Crippen LogP contribution is 2.15. The first-order valence-electron chi connectivity index (χ1n) is 4.37. The molecule has 0 aliphatic carbocycles. The average molecular weight is 197 g/mol. The van der Waals surface area contributed by atoms with Gasteiger partial charge in [-0.05, 0) is 20.3 Å². The summed E-state index contributed by atoms with van der Waals surface area (Å²) >= 11 is 0. The molecule has 0 rings (SSSR count). The smallest absolute Gasteiger partial charge is 0.333 e. The largest absolute Gasteiger partial charge is 0.460 e. The minimum Gasteiger partial charge on any atom is -0.460 e. The zero-order chi connectivity index (χ0) is 11.2. The molecule has 0 aliphatic rings. The van der Waals surface area contributed by atoms with Gasteiger partial charge in [0.2, 0.25) is 6.08 Å². The second-order valence-corrected chi connectivity index (χ2v) is 3.41. The summed E-state index contributed by atoms with van der Waals surface area (Å²) in [5.74, 6) is -0.467. The summed E-state index contributed by atoms with van der Waals surface area (Å²) < 4.78 is 4.90. The molecule has 0 saturated heterocycles. The van der Waals surface area contributed by atoms with Crippen molar-refractivity contribution in [2.75, 3.05) is 6.61 Å². The third kappa shape index (κ3) is 4.01. The molecule has 1 unspecified atom stereocenters. The molecular formula is C10H15NO3. The van der Waals surface area contributed by atoms with Crippen LogP contribution in [0.3, 0.4) is 0 Å². The molecule has 4 heteroatoms. The van der Waals surface area contributed by atoms with Crippen LogP contribution in [0.25, 0.3) is 0 Å². The van der Waals surface area contributed by atoms with Crippen molar-refractivity contribution in [3.05, 3.63) is 12.2 Å². The van der Waals surface area contributed by atoms with Crippen molar-refractivity contribution < 1.29 is 14.3 Å². The fourth-order valence-electron chi connectivity index (χ4n) is 0.668. The predicted octanol–water partition coefficient (Wildman–Crippen LogP) is 1.61. The maximum atomic E-state index is 11.0. The van der Waals surface area contributed by atoms with E-state index >= 15 is 0 Å². The van der Waals surface area contributed by atoms with Crippen molar-refractivity contribution in [2.24, 2.45) is 4.99 Å². The van der Waals surface area contributed by atoms with Gasteiger partial charge >= 0.3 is 5.97 Å². The van der Waals surface area contributed by atoms with Gasteiger partial charge in [0, 0.05) is 5.57 Å². The van der Waals surface area contributed by atoms with Crippen LogP contribution in [0.4, 0.5) is 0 Å². The molecule has 78 valence electrons. The average Bonchev–Trinajstić information content (AvgIpc) is 2.14. The van der Waals surface area contributed by atoms with E-state index < -0.39 is 11.5 Å². The molecule has 0 aliphatic heterocycles. The van der Waals surface area contributed by atoms with Crippen LogP contribution in [0.2, 0.25) is 0 Å². The molecule has 14 heavy (non-hydrogen) atoms. The number of hydrogen-bond donors (Lipinski definition) is 0. The summed E-state index contributed by atoms with van der Waals surface area (Å²) in [5, 5.41) is 0. The number of carbonyl (C=O) groups is 1. The van der Waals surface area contributed by atoms with Crippen molar-refractivity contribution in [3.63, 3.8) is 0 Å². The topological polar surface area (TPSA) is 55.7 Å². The third-order valence-electron chi connectivity index (χ3n) is 1.94. The quantitative estimate of drug-likeness (QED) is 0.291. The molecule has 0 bridgehead atoms. The highest BCUT2D eigenvalue weighted by atomic mass is 16.5. The Balaban J connectivity index is 4.28. The zero-order valence-electron chi connectivity index (χ0n) is 8.79. The Kier molecular flexibility index (Phi) is 4.81. The Morgan fingerprint density at radius 3 is 2.57 bits per heavy atom. The van der Waals surface area contributed by atoms with E-state index in [0.717, 1.165) is 0 Å². The van der Waals surface area contributed by atoms with Gasteiger partial charge in [-0.15, -0.1) is 0 Å². The Bertz CT molecular complexity index is 279. The molecule has 0 aromatic heterocycles. The van der Waals surface area contributed by atoms with Crippen LogP contribution in [-0.4, -0.2) is 24.2 Å². The van der Waals surface area contributed by atoms with E-state index in [1.54, 1.807) is 13.8 Å². The van der Waals surface area contributed by atoms with Gasteiger partial charge in [-0.1, -0.05) is 13.5 Å². The number of carbonyl (C=O) groups excluding carboxylic acids is 2. The summed E-state index contributed by atoms with van der Waals surface area (Å²) in [6, 6.07) is 0. The van der Waals surface area contributed by atoms with Crippen molar-refractivity contribution in [1.29, 1.82) is 0 Å². The summed E-state index contributed by atoms with van der Waals surface area (Å²) in [4.78, 5) is 24.7. The molecule has 0 fully saturated rings. The lowest BCUT2D eigenvalue weighted by atomic mass is 10.0. The molecule has 0 aromatic carbocycles. The molecule has 0 heterocycles. The highest BCUT2D eigenvalue weighted by molar-refractivity contribution is 5.86. The van der Waals surface area contributed by atoms with Crippen LogP contribution in [0.15, 0.2) is 17.1 Å². The second kappa shape index (κ2) is 5.35. The van der Waals surface area contributed by atoms with Crippen LogP contribution in [0, 0.1) is 0 Å². The van der Waals surface area contributed by atoms with Crippen molar-refractivity contribution >= 4 is 12.0 Å². The van der Waals surface area contributed by atoms with Gasteiger partial charge in [0.15, 0.2) is 0 Å². The number of rotatable bonds is 5. The second-order valence-electron chi connectivity index (χ2n) is 3.41. The highest BCUT2D eigenvalue weighted by Gasteiger charge is 2.23. The number of isocyanates is 1. The summed E-state index contributed by atoms with van der Waals surface area (Å²) in [7, 11) is 0. The van der Waals surface area contributed by atoms with Gasteiger partial charge < -0.3 is 4.74 Å². The van der Waals surface area contributed by atoms with Crippen LogP contribution >= 0.6 is 0 Å². The number of nitrogens with zero attached hydrogens (tertiary/aromatic N) is 1. The minimum atomic E-state index is -0.674. The van der Waals surface area contributed by atoms with Crippen LogP contribution < -0.4 is 0 Å². The van der Waals surface area contributed by atoms with E-state index in [4.69, 9.17) is 4.74 Å². The minimum absolute atomic E-state index is 0.0738. The van der Waals surface area contributed by atoms with E-state index in [0.29, 0.717) is 12.0 Å². The first-order valence-corrected chi connectivity index (χ1v) is 4.37. The predicted molar refractivity (Wildman–Crippen MR) is 52.6 cm³/mol. The Morgan fingerprint density at radius 1 is 1.64 bits per heavy atom. The van der Waals surface area contributed by atoms with Crippen LogP contribution in [0.5, 0.6) is 0 Å². The summed E-state index contributed by atoms with van der Waals surface area (Å²) in [6.07, 6.45) is 2.08. The van der Waals surface area contributed by atoms with Crippen molar-refractivity contribution in [2.45, 2.75) is 32.7 Å². The van der Waals surface area contributed by atoms with E-state index in [2.05, 4.69) is 11.6 Å². The standard InChI is InChI=1S/C10H15NO3/c1-5-10(4,11-7-12)6-14-9(13)8(2)3/h2,5-6H2,1,3-4H3. The first kappa shape index (κ1) is 12.6. The number of esters is 1. The lowest BCUT2D eigenvalue weighted by Crippen LogP contribution is -2.29. The Hall–Kier alpha value is -1.41. The third-order valence-corrected chi connectivity index (χ3v) is 1.94. The summed E-state index contributed by atoms with van der Waals surface area (Å²) in [6.45, 7) is 8.67. The van der Waals surface area contributed by atoms with Crippen LogP contribution in [0.1, 0.15) is 27.2 Å². The molecule has 4 nitrogen and oxygen atoms in total. The Labute approximate surface area is 83.7 Å². The summed E-state index contributed by atoms with van der Waals surface area (Å²) in [5.41, 5.74) is -0.342. The maximum absolute atomic E-state index is 11.0. The number of aliphatic imine (C=N–C) groups is 1. The fraction of sp³-hybridized carbons (Fsp3) is 0.600.